The molecule has 0 spiro atoms. The van der Waals surface area contributed by atoms with E-state index in [1.165, 1.54) is 29.7 Å². The summed E-state index contributed by atoms with van der Waals surface area (Å²) in [5.74, 6) is 2.17. The zero-order valence-corrected chi connectivity index (χ0v) is 14.4. The largest absolute Gasteiger partial charge is 0.377 e. The molecule has 22 heavy (non-hydrogen) atoms. The lowest BCUT2D eigenvalue weighted by Gasteiger charge is -2.16. The van der Waals surface area contributed by atoms with E-state index in [0.717, 1.165) is 30.9 Å². The maximum absolute atomic E-state index is 5.53. The SMILES string of the molecule is CCOCc1ccccc1CNC(=NC)NCC1CCCS1. The van der Waals surface area contributed by atoms with Gasteiger partial charge in [-0.25, -0.2) is 0 Å². The Morgan fingerprint density at radius 2 is 2.14 bits per heavy atom. The van der Waals surface area contributed by atoms with Gasteiger partial charge in [0.25, 0.3) is 0 Å². The van der Waals surface area contributed by atoms with Crippen LogP contribution in [0.25, 0.3) is 0 Å². The third kappa shape index (κ3) is 5.54. The van der Waals surface area contributed by atoms with Gasteiger partial charge in [-0.2, -0.15) is 11.8 Å². The molecule has 1 unspecified atom stereocenters. The molecule has 1 atom stereocenters. The summed E-state index contributed by atoms with van der Waals surface area (Å²) in [7, 11) is 1.82. The minimum atomic E-state index is 0.666. The number of thioether (sulfide) groups is 1. The molecular weight excluding hydrogens is 294 g/mol. The summed E-state index contributed by atoms with van der Waals surface area (Å²) in [6.07, 6.45) is 2.65. The number of hydrogen-bond donors (Lipinski definition) is 2. The van der Waals surface area contributed by atoms with E-state index < -0.39 is 0 Å². The van der Waals surface area contributed by atoms with Crippen molar-refractivity contribution in [3.63, 3.8) is 0 Å². The molecule has 1 aromatic carbocycles. The monoisotopic (exact) mass is 321 g/mol. The molecule has 0 amide bonds. The van der Waals surface area contributed by atoms with Gasteiger partial charge in [0, 0.05) is 32.0 Å². The molecule has 1 aliphatic heterocycles. The molecule has 1 saturated heterocycles. The van der Waals surface area contributed by atoms with Crippen molar-refractivity contribution in [3.8, 4) is 0 Å². The van der Waals surface area contributed by atoms with Gasteiger partial charge in [0.15, 0.2) is 5.96 Å². The molecule has 0 bridgehead atoms. The fraction of sp³-hybridized carbons (Fsp3) is 0.588. The van der Waals surface area contributed by atoms with Gasteiger partial charge < -0.3 is 15.4 Å². The Balaban J connectivity index is 1.82. The fourth-order valence-corrected chi connectivity index (χ4v) is 3.70. The predicted octanol–water partition coefficient (Wildman–Crippen LogP) is 2.78. The van der Waals surface area contributed by atoms with Crippen molar-refractivity contribution in [2.75, 3.05) is 26.0 Å². The molecule has 2 rings (SSSR count). The van der Waals surface area contributed by atoms with Gasteiger partial charge >= 0.3 is 0 Å². The number of aliphatic imine (C=N–C) groups is 1. The zero-order valence-electron chi connectivity index (χ0n) is 13.6. The summed E-state index contributed by atoms with van der Waals surface area (Å²) in [4.78, 5) is 4.31. The van der Waals surface area contributed by atoms with Crippen LogP contribution in [0.5, 0.6) is 0 Å². The number of nitrogens with one attached hydrogen (secondary N) is 2. The van der Waals surface area contributed by atoms with Gasteiger partial charge in [0.1, 0.15) is 0 Å². The van der Waals surface area contributed by atoms with E-state index in [2.05, 4.69) is 51.7 Å². The minimum absolute atomic E-state index is 0.666. The van der Waals surface area contributed by atoms with E-state index in [1.807, 2.05) is 14.0 Å². The Hall–Kier alpha value is -1.20. The Labute approximate surface area is 138 Å². The topological polar surface area (TPSA) is 45.6 Å². The highest BCUT2D eigenvalue weighted by Gasteiger charge is 2.15. The summed E-state index contributed by atoms with van der Waals surface area (Å²) in [5.41, 5.74) is 2.49. The van der Waals surface area contributed by atoms with Gasteiger partial charge in [0.2, 0.25) is 0 Å². The molecule has 1 heterocycles. The number of ether oxygens (including phenoxy) is 1. The highest BCUT2D eigenvalue weighted by molar-refractivity contribution is 8.00. The molecule has 2 N–H and O–H groups in total. The number of rotatable bonds is 7. The van der Waals surface area contributed by atoms with E-state index in [1.54, 1.807) is 0 Å². The van der Waals surface area contributed by atoms with Crippen molar-refractivity contribution >= 4 is 17.7 Å². The standard InChI is InChI=1S/C17H27N3OS/c1-3-21-13-15-8-5-4-7-14(15)11-19-17(18-2)20-12-16-9-6-10-22-16/h4-5,7-8,16H,3,6,9-13H2,1-2H3,(H2,18,19,20). The molecule has 4 nitrogen and oxygen atoms in total. The first-order valence-electron chi connectivity index (χ1n) is 8.04. The molecule has 1 aliphatic rings. The first-order chi connectivity index (χ1) is 10.8. The molecule has 1 aromatic rings. The van der Waals surface area contributed by atoms with E-state index in [4.69, 9.17) is 4.74 Å². The zero-order chi connectivity index (χ0) is 15.6. The molecule has 5 heteroatoms. The Morgan fingerprint density at radius 3 is 2.82 bits per heavy atom. The highest BCUT2D eigenvalue weighted by atomic mass is 32.2. The minimum Gasteiger partial charge on any atom is -0.377 e. The first-order valence-corrected chi connectivity index (χ1v) is 9.09. The van der Waals surface area contributed by atoms with Crippen LogP contribution in [0.4, 0.5) is 0 Å². The number of nitrogens with zero attached hydrogens (tertiary/aromatic N) is 1. The average Bonchev–Trinajstić information content (AvgIpc) is 3.07. The Kier molecular flexibility index (Phi) is 7.60. The van der Waals surface area contributed by atoms with Crippen LogP contribution in [-0.2, 0) is 17.9 Å². The van der Waals surface area contributed by atoms with Crippen LogP contribution < -0.4 is 10.6 Å². The molecule has 122 valence electrons. The second-order valence-electron chi connectivity index (χ2n) is 5.35. The smallest absolute Gasteiger partial charge is 0.191 e. The summed E-state index contributed by atoms with van der Waals surface area (Å²) >= 11 is 2.06. The quantitative estimate of drug-likeness (QED) is 0.599. The molecular formula is C17H27N3OS. The van der Waals surface area contributed by atoms with E-state index in [0.29, 0.717) is 6.61 Å². The van der Waals surface area contributed by atoms with E-state index in [-0.39, 0.29) is 0 Å². The van der Waals surface area contributed by atoms with E-state index >= 15 is 0 Å². The summed E-state index contributed by atoms with van der Waals surface area (Å²) < 4.78 is 5.53. The second kappa shape index (κ2) is 9.74. The molecule has 0 aliphatic carbocycles. The van der Waals surface area contributed by atoms with Gasteiger partial charge in [-0.3, -0.25) is 4.99 Å². The van der Waals surface area contributed by atoms with Gasteiger partial charge in [-0.1, -0.05) is 24.3 Å². The van der Waals surface area contributed by atoms with Crippen molar-refractivity contribution in [3.05, 3.63) is 35.4 Å². The van der Waals surface area contributed by atoms with Crippen molar-refractivity contribution in [1.29, 1.82) is 0 Å². The lowest BCUT2D eigenvalue weighted by Crippen LogP contribution is -2.39. The Morgan fingerprint density at radius 1 is 1.32 bits per heavy atom. The molecule has 1 fully saturated rings. The first kappa shape index (κ1) is 17.2. The van der Waals surface area contributed by atoms with Crippen LogP contribution in [0.1, 0.15) is 30.9 Å². The summed E-state index contributed by atoms with van der Waals surface area (Å²) in [6.45, 7) is 5.18. The molecule has 0 radical (unpaired) electrons. The van der Waals surface area contributed by atoms with Crippen LogP contribution in [0.15, 0.2) is 29.3 Å². The second-order valence-corrected chi connectivity index (χ2v) is 6.76. The Bertz CT molecular complexity index is 473. The van der Waals surface area contributed by atoms with Crippen molar-refractivity contribution in [2.24, 2.45) is 4.99 Å². The third-order valence-corrected chi connectivity index (χ3v) is 5.17. The highest BCUT2D eigenvalue weighted by Crippen LogP contribution is 2.25. The van der Waals surface area contributed by atoms with Crippen LogP contribution >= 0.6 is 11.8 Å². The van der Waals surface area contributed by atoms with E-state index in [9.17, 15) is 0 Å². The molecule has 0 aromatic heterocycles. The molecule has 0 saturated carbocycles. The normalized spacial score (nSPS) is 18.5. The number of hydrogen-bond acceptors (Lipinski definition) is 3. The van der Waals surface area contributed by atoms with Crippen molar-refractivity contribution < 1.29 is 4.74 Å². The third-order valence-electron chi connectivity index (χ3n) is 3.77. The maximum Gasteiger partial charge on any atom is 0.191 e. The maximum atomic E-state index is 5.53. The fourth-order valence-electron chi connectivity index (χ4n) is 2.50. The van der Waals surface area contributed by atoms with Gasteiger partial charge in [0.05, 0.1) is 6.61 Å². The number of guanidine groups is 1. The van der Waals surface area contributed by atoms with Crippen molar-refractivity contribution in [2.45, 2.75) is 38.2 Å². The van der Waals surface area contributed by atoms with Crippen LogP contribution in [0.3, 0.4) is 0 Å². The van der Waals surface area contributed by atoms with Gasteiger partial charge in [-0.05, 0) is 36.6 Å². The summed E-state index contributed by atoms with van der Waals surface area (Å²) in [6, 6.07) is 8.39. The van der Waals surface area contributed by atoms with Crippen LogP contribution in [-0.4, -0.2) is 37.2 Å². The average molecular weight is 321 g/mol. The predicted molar refractivity (Wildman–Crippen MR) is 95.5 cm³/mol. The van der Waals surface area contributed by atoms with Crippen LogP contribution in [0.2, 0.25) is 0 Å². The number of benzene rings is 1. The van der Waals surface area contributed by atoms with Crippen molar-refractivity contribution in [1.82, 2.24) is 10.6 Å². The summed E-state index contributed by atoms with van der Waals surface area (Å²) in [5, 5.41) is 7.56. The lowest BCUT2D eigenvalue weighted by atomic mass is 10.1. The van der Waals surface area contributed by atoms with Gasteiger partial charge in [-0.15, -0.1) is 0 Å². The van der Waals surface area contributed by atoms with Crippen LogP contribution in [0, 0.1) is 0 Å². The lowest BCUT2D eigenvalue weighted by molar-refractivity contribution is 0.133.